The number of nitrogens with one attached hydrogen (secondary N) is 1. The summed E-state index contributed by atoms with van der Waals surface area (Å²) in [6.07, 6.45) is 1.93. The molecule has 1 heterocycles. The van der Waals surface area contributed by atoms with Crippen LogP contribution in [0.1, 0.15) is 34.3 Å². The molecule has 3 aromatic carbocycles. The molecule has 0 saturated carbocycles. The van der Waals surface area contributed by atoms with Crippen molar-refractivity contribution >= 4 is 35.2 Å². The predicted octanol–water partition coefficient (Wildman–Crippen LogP) is 2.37. The van der Waals surface area contributed by atoms with Gasteiger partial charge in [-0.2, -0.15) is 0 Å². The molecule has 0 unspecified atom stereocenters. The summed E-state index contributed by atoms with van der Waals surface area (Å²) in [5, 5.41) is 18.2. The van der Waals surface area contributed by atoms with Crippen LogP contribution in [0.2, 0.25) is 0 Å². The number of ketones is 1. The Balaban J connectivity index is 0.000000496. The van der Waals surface area contributed by atoms with E-state index in [1.54, 1.807) is 71.6 Å². The number of nitrogens with zero attached hydrogens (tertiary/aromatic N) is 2. The van der Waals surface area contributed by atoms with E-state index in [-0.39, 0.29) is 35.1 Å². The fourth-order valence-corrected chi connectivity index (χ4v) is 4.67. The molecule has 0 bridgehead atoms. The fraction of sp³-hybridized carbons (Fsp3) is 0.233. The maximum absolute atomic E-state index is 14.0. The summed E-state index contributed by atoms with van der Waals surface area (Å²) in [6, 6.07) is 22.3. The lowest BCUT2D eigenvalue weighted by Crippen LogP contribution is -2.65. The van der Waals surface area contributed by atoms with E-state index in [1.807, 2.05) is 0 Å². The summed E-state index contributed by atoms with van der Waals surface area (Å²) < 4.78 is 0. The fourth-order valence-electron chi connectivity index (χ4n) is 4.67. The van der Waals surface area contributed by atoms with Crippen LogP contribution < -0.4 is 22.1 Å². The van der Waals surface area contributed by atoms with Crippen LogP contribution in [0, 0.1) is 5.41 Å². The number of likely N-dealkylation sites (tertiary alicyclic amines) is 1. The first-order chi connectivity index (χ1) is 19.6. The number of para-hydroxylation sites is 1. The van der Waals surface area contributed by atoms with Crippen molar-refractivity contribution in [3.63, 3.8) is 0 Å². The number of hydrogen-bond donors (Lipinski definition) is 5. The van der Waals surface area contributed by atoms with Crippen molar-refractivity contribution in [3.05, 3.63) is 102 Å². The molecule has 0 aromatic heterocycles. The molecule has 4 rings (SSSR count). The monoisotopic (exact) mass is 558 g/mol. The van der Waals surface area contributed by atoms with Crippen molar-refractivity contribution in [2.75, 3.05) is 24.5 Å². The molecule has 0 radical (unpaired) electrons. The maximum Gasteiger partial charge on any atom is 0.338 e. The molecule has 1 saturated heterocycles. The zero-order valence-corrected chi connectivity index (χ0v) is 22.5. The molecule has 0 spiro atoms. The van der Waals surface area contributed by atoms with Gasteiger partial charge in [0.15, 0.2) is 0 Å². The quantitative estimate of drug-likeness (QED) is 0.115. The van der Waals surface area contributed by atoms with Gasteiger partial charge >= 0.3 is 12.0 Å². The van der Waals surface area contributed by atoms with E-state index >= 15 is 0 Å². The zero-order valence-electron chi connectivity index (χ0n) is 22.5. The van der Waals surface area contributed by atoms with Gasteiger partial charge in [-0.3, -0.25) is 19.9 Å². The van der Waals surface area contributed by atoms with Gasteiger partial charge in [-0.15, -0.1) is 0 Å². The lowest BCUT2D eigenvalue weighted by molar-refractivity contribution is -0.143. The Hall–Kier alpha value is -5.03. The van der Waals surface area contributed by atoms with E-state index in [4.69, 9.17) is 22.6 Å². The third-order valence-electron chi connectivity index (χ3n) is 6.71. The van der Waals surface area contributed by atoms with Gasteiger partial charge in [0.25, 0.3) is 0 Å². The Morgan fingerprint density at radius 2 is 1.41 bits per heavy atom. The Morgan fingerprint density at radius 3 is 1.90 bits per heavy atom. The average Bonchev–Trinajstić information content (AvgIpc) is 3.53. The molecule has 1 atom stereocenters. The van der Waals surface area contributed by atoms with Crippen LogP contribution in [0.3, 0.4) is 0 Å². The lowest BCUT2D eigenvalue weighted by atomic mass is 9.80. The van der Waals surface area contributed by atoms with Crippen molar-refractivity contribution < 1.29 is 24.3 Å². The van der Waals surface area contributed by atoms with Gasteiger partial charge in [-0.1, -0.05) is 66.7 Å². The Kier molecular flexibility index (Phi) is 10.3. The van der Waals surface area contributed by atoms with Gasteiger partial charge in [-0.05, 0) is 36.6 Å². The molecule has 3 aromatic rings. The molecule has 0 aliphatic carbocycles. The number of amides is 3. The number of aliphatic carboxylic acids is 1. The smallest absolute Gasteiger partial charge is 0.338 e. The Morgan fingerprint density at radius 1 is 0.854 bits per heavy atom. The minimum atomic E-state index is -2.34. The summed E-state index contributed by atoms with van der Waals surface area (Å²) in [4.78, 5) is 53.0. The number of carbonyl (C=O) groups is 4. The van der Waals surface area contributed by atoms with Crippen molar-refractivity contribution in [1.82, 2.24) is 4.90 Å². The topological polar surface area (TPSA) is 197 Å². The van der Waals surface area contributed by atoms with Crippen molar-refractivity contribution in [2.45, 2.75) is 24.8 Å². The SMILES string of the molecule is N=C(N)c1cccc(C(=O)[C@@](Cc2ccccc2)(C(=O)O)N(C(=O)CN)c2ccccc2)c1.NC(=O)N1CCCC1. The van der Waals surface area contributed by atoms with Gasteiger partial charge in [0.05, 0.1) is 6.54 Å². The molecule has 8 N–H and O–H groups in total. The van der Waals surface area contributed by atoms with Crippen molar-refractivity contribution in [3.8, 4) is 0 Å². The largest absolute Gasteiger partial charge is 0.479 e. The van der Waals surface area contributed by atoms with Crippen LogP contribution in [-0.2, 0) is 16.0 Å². The number of hydrogen-bond acceptors (Lipinski definition) is 6. The van der Waals surface area contributed by atoms with Crippen LogP contribution in [0.5, 0.6) is 0 Å². The van der Waals surface area contributed by atoms with Gasteiger partial charge in [0, 0.05) is 36.3 Å². The third kappa shape index (κ3) is 7.14. The Labute approximate surface area is 238 Å². The minimum Gasteiger partial charge on any atom is -0.479 e. The van der Waals surface area contributed by atoms with Crippen LogP contribution in [0.15, 0.2) is 84.9 Å². The molecule has 1 aliphatic rings. The van der Waals surface area contributed by atoms with Crippen LogP contribution in [0.25, 0.3) is 0 Å². The number of anilines is 1. The summed E-state index contributed by atoms with van der Waals surface area (Å²) >= 11 is 0. The summed E-state index contributed by atoms with van der Waals surface area (Å²) in [5.41, 5.74) is 14.9. The molecular formula is C30H34N6O5. The van der Waals surface area contributed by atoms with E-state index in [2.05, 4.69) is 0 Å². The first kappa shape index (κ1) is 30.5. The highest BCUT2D eigenvalue weighted by molar-refractivity contribution is 6.23. The summed E-state index contributed by atoms with van der Waals surface area (Å²) in [5.74, 6) is -3.33. The first-order valence-electron chi connectivity index (χ1n) is 13.0. The average molecular weight is 559 g/mol. The highest BCUT2D eigenvalue weighted by atomic mass is 16.4. The molecule has 214 valence electrons. The van der Waals surface area contributed by atoms with E-state index in [1.165, 1.54) is 18.2 Å². The molecule has 3 amide bonds. The highest BCUT2D eigenvalue weighted by Gasteiger charge is 2.54. The second-order valence-electron chi connectivity index (χ2n) is 9.45. The maximum atomic E-state index is 14.0. The number of nitrogens with two attached hydrogens (primary N) is 3. The standard InChI is InChI=1S/C25H24N4O4.C5H10N2O/c26-16-21(30)29(20-12-5-2-6-13-20)25(24(32)33,15-17-8-3-1-4-9-17)22(31)18-10-7-11-19(14-18)23(27)28;6-5(8)7-3-1-2-4-7/h1-14H,15-16,26H2,(H3,27,28)(H,32,33);1-4H2,(H2,6,8)/t25-;/m0./s1. The van der Waals surface area contributed by atoms with E-state index in [0.29, 0.717) is 5.56 Å². The van der Waals surface area contributed by atoms with Crippen LogP contribution in [-0.4, -0.2) is 64.7 Å². The number of rotatable bonds is 9. The van der Waals surface area contributed by atoms with Gasteiger partial charge in [0.1, 0.15) is 5.84 Å². The molecule has 11 nitrogen and oxygen atoms in total. The lowest BCUT2D eigenvalue weighted by Gasteiger charge is -2.39. The molecular weight excluding hydrogens is 524 g/mol. The van der Waals surface area contributed by atoms with E-state index in [0.717, 1.165) is 30.8 Å². The first-order valence-corrected chi connectivity index (χ1v) is 13.0. The van der Waals surface area contributed by atoms with Crippen LogP contribution >= 0.6 is 0 Å². The number of carbonyl (C=O) groups excluding carboxylic acids is 3. The van der Waals surface area contributed by atoms with E-state index in [9.17, 15) is 24.3 Å². The number of carboxylic acids is 1. The molecule has 1 aliphatic heterocycles. The number of nitrogen functional groups attached to an aromatic ring is 1. The number of Topliss-reactive ketones (excluding diaryl/α,β-unsaturated/α-hetero) is 1. The number of urea groups is 1. The molecule has 41 heavy (non-hydrogen) atoms. The zero-order chi connectivity index (χ0) is 30.0. The number of amidine groups is 1. The third-order valence-corrected chi connectivity index (χ3v) is 6.71. The highest BCUT2D eigenvalue weighted by Crippen LogP contribution is 2.32. The summed E-state index contributed by atoms with van der Waals surface area (Å²) in [7, 11) is 0. The molecule has 11 heteroatoms. The second-order valence-corrected chi connectivity index (χ2v) is 9.45. The number of carboxylic acid groups (broad SMARTS) is 1. The van der Waals surface area contributed by atoms with Gasteiger partial charge in [0.2, 0.25) is 17.2 Å². The van der Waals surface area contributed by atoms with Gasteiger partial charge < -0.3 is 27.2 Å². The number of primary amides is 1. The normalized spacial score (nSPS) is 13.7. The van der Waals surface area contributed by atoms with Crippen molar-refractivity contribution in [2.24, 2.45) is 17.2 Å². The van der Waals surface area contributed by atoms with Crippen LogP contribution in [0.4, 0.5) is 10.5 Å². The van der Waals surface area contributed by atoms with E-state index < -0.39 is 29.7 Å². The number of benzene rings is 3. The Bertz CT molecular complexity index is 1390. The van der Waals surface area contributed by atoms with Crippen molar-refractivity contribution in [1.29, 1.82) is 5.41 Å². The minimum absolute atomic E-state index is 0.00628. The predicted molar refractivity (Wildman–Crippen MR) is 156 cm³/mol. The summed E-state index contributed by atoms with van der Waals surface area (Å²) in [6.45, 7) is 1.21. The molecule has 1 fully saturated rings. The van der Waals surface area contributed by atoms with Gasteiger partial charge in [-0.25, -0.2) is 9.59 Å². The second kappa shape index (κ2) is 13.9.